The second kappa shape index (κ2) is 4.20. The molecule has 0 saturated carbocycles. The monoisotopic (exact) mass is 197 g/mol. The molecule has 0 spiro atoms. The zero-order valence-electron chi connectivity index (χ0n) is 9.88. The molecular weight excluding hydrogens is 174 g/mol. The summed E-state index contributed by atoms with van der Waals surface area (Å²) >= 11 is 0. The zero-order valence-corrected chi connectivity index (χ0v) is 9.88. The fourth-order valence-electron chi connectivity index (χ4n) is 1.81. The molecule has 1 aliphatic rings. The zero-order chi connectivity index (χ0) is 10.8. The molecule has 2 N–H and O–H groups in total. The van der Waals surface area contributed by atoms with Crippen molar-refractivity contribution in [3.05, 3.63) is 0 Å². The summed E-state index contributed by atoms with van der Waals surface area (Å²) in [5.74, 6) is 1.46. The number of likely N-dealkylation sites (tertiary alicyclic amines) is 1. The molecular formula is C11H23N3. The largest absolute Gasteiger partial charge is 0.370 e. The predicted molar refractivity (Wildman–Crippen MR) is 61.3 cm³/mol. The van der Waals surface area contributed by atoms with Gasteiger partial charge < -0.3 is 10.6 Å². The van der Waals surface area contributed by atoms with E-state index in [1.54, 1.807) is 0 Å². The first-order valence-corrected chi connectivity index (χ1v) is 5.49. The van der Waals surface area contributed by atoms with Crippen LogP contribution < -0.4 is 5.73 Å². The summed E-state index contributed by atoms with van der Waals surface area (Å²) in [4.78, 5) is 6.70. The highest BCUT2D eigenvalue weighted by molar-refractivity contribution is 5.78. The van der Waals surface area contributed by atoms with Crippen LogP contribution >= 0.6 is 0 Å². The van der Waals surface area contributed by atoms with E-state index in [2.05, 4.69) is 37.6 Å². The van der Waals surface area contributed by atoms with Crippen molar-refractivity contribution in [1.82, 2.24) is 4.90 Å². The van der Waals surface area contributed by atoms with E-state index in [1.165, 1.54) is 12.8 Å². The van der Waals surface area contributed by atoms with Gasteiger partial charge >= 0.3 is 0 Å². The molecule has 1 fully saturated rings. The highest BCUT2D eigenvalue weighted by atomic mass is 15.3. The molecule has 0 amide bonds. The Morgan fingerprint density at radius 1 is 1.43 bits per heavy atom. The van der Waals surface area contributed by atoms with Crippen molar-refractivity contribution < 1.29 is 0 Å². The minimum absolute atomic E-state index is 0.0647. The van der Waals surface area contributed by atoms with Gasteiger partial charge in [-0.2, -0.15) is 0 Å². The summed E-state index contributed by atoms with van der Waals surface area (Å²) in [6.45, 7) is 10.6. The predicted octanol–water partition coefficient (Wildman–Crippen LogP) is 1.83. The van der Waals surface area contributed by atoms with Crippen LogP contribution in [0.25, 0.3) is 0 Å². The summed E-state index contributed by atoms with van der Waals surface area (Å²) in [5, 5.41) is 0. The Bertz CT molecular complexity index is 215. The van der Waals surface area contributed by atoms with Crippen LogP contribution in [0, 0.1) is 5.92 Å². The Morgan fingerprint density at radius 3 is 2.57 bits per heavy atom. The van der Waals surface area contributed by atoms with Crippen LogP contribution in [0.15, 0.2) is 4.99 Å². The Balaban J connectivity index is 2.59. The molecule has 0 aliphatic carbocycles. The van der Waals surface area contributed by atoms with Gasteiger partial charge in [0, 0.05) is 13.1 Å². The van der Waals surface area contributed by atoms with Gasteiger partial charge in [0.05, 0.1) is 5.54 Å². The van der Waals surface area contributed by atoms with Gasteiger partial charge in [-0.15, -0.1) is 0 Å². The second-order valence-electron chi connectivity index (χ2n) is 5.33. The lowest BCUT2D eigenvalue weighted by Gasteiger charge is -2.32. The fourth-order valence-corrected chi connectivity index (χ4v) is 1.81. The van der Waals surface area contributed by atoms with Crippen molar-refractivity contribution in [1.29, 1.82) is 0 Å². The Kier molecular flexibility index (Phi) is 3.40. The highest BCUT2D eigenvalue weighted by Gasteiger charge is 2.19. The van der Waals surface area contributed by atoms with Gasteiger partial charge in [-0.3, -0.25) is 0 Å². The third kappa shape index (κ3) is 3.56. The molecule has 0 aromatic rings. The number of aliphatic imine (C=N–C) groups is 1. The average molecular weight is 197 g/mol. The molecule has 1 saturated heterocycles. The van der Waals surface area contributed by atoms with Crippen molar-refractivity contribution >= 4 is 5.96 Å². The smallest absolute Gasteiger partial charge is 0.191 e. The number of piperidine rings is 1. The van der Waals surface area contributed by atoms with E-state index in [4.69, 9.17) is 5.73 Å². The maximum atomic E-state index is 5.97. The number of rotatable bonds is 0. The van der Waals surface area contributed by atoms with E-state index in [-0.39, 0.29) is 5.54 Å². The molecule has 1 rings (SSSR count). The first-order chi connectivity index (χ1) is 6.38. The van der Waals surface area contributed by atoms with Gasteiger partial charge in [0.1, 0.15) is 0 Å². The molecule has 0 aromatic carbocycles. The fraction of sp³-hybridized carbons (Fsp3) is 0.909. The first-order valence-electron chi connectivity index (χ1n) is 5.49. The lowest BCUT2D eigenvalue weighted by Crippen LogP contribution is -2.44. The van der Waals surface area contributed by atoms with E-state index in [0.717, 1.165) is 19.0 Å². The van der Waals surface area contributed by atoms with E-state index >= 15 is 0 Å². The summed E-state index contributed by atoms with van der Waals surface area (Å²) < 4.78 is 0. The van der Waals surface area contributed by atoms with Crippen molar-refractivity contribution in [2.45, 2.75) is 46.1 Å². The summed E-state index contributed by atoms with van der Waals surface area (Å²) in [6, 6.07) is 0. The van der Waals surface area contributed by atoms with Crippen molar-refractivity contribution in [2.24, 2.45) is 16.6 Å². The third-order valence-electron chi connectivity index (χ3n) is 2.43. The van der Waals surface area contributed by atoms with Crippen LogP contribution in [-0.4, -0.2) is 29.5 Å². The van der Waals surface area contributed by atoms with Gasteiger partial charge in [-0.05, 0) is 39.5 Å². The molecule has 1 unspecified atom stereocenters. The number of guanidine groups is 1. The maximum absolute atomic E-state index is 5.97. The van der Waals surface area contributed by atoms with Gasteiger partial charge in [0.15, 0.2) is 5.96 Å². The van der Waals surface area contributed by atoms with Crippen molar-refractivity contribution in [3.63, 3.8) is 0 Å². The Labute approximate surface area is 87.4 Å². The number of hydrogen-bond acceptors (Lipinski definition) is 1. The van der Waals surface area contributed by atoms with Crippen LogP contribution in [0.1, 0.15) is 40.5 Å². The number of nitrogens with zero attached hydrogens (tertiary/aromatic N) is 2. The van der Waals surface area contributed by atoms with Gasteiger partial charge in [0.25, 0.3) is 0 Å². The Morgan fingerprint density at radius 2 is 2.07 bits per heavy atom. The van der Waals surface area contributed by atoms with Crippen LogP contribution in [-0.2, 0) is 0 Å². The van der Waals surface area contributed by atoms with Crippen LogP contribution in [0.5, 0.6) is 0 Å². The molecule has 3 heteroatoms. The summed E-state index contributed by atoms with van der Waals surface area (Å²) in [5.41, 5.74) is 5.91. The molecule has 14 heavy (non-hydrogen) atoms. The SMILES string of the molecule is CC1CCCN(C(N)=NC(C)(C)C)C1. The topological polar surface area (TPSA) is 41.6 Å². The van der Waals surface area contributed by atoms with Gasteiger partial charge in [-0.25, -0.2) is 4.99 Å². The standard InChI is InChI=1S/C11H23N3/c1-9-6-5-7-14(8-9)10(12)13-11(2,3)4/h9H,5-8H2,1-4H3,(H2,12,13). The molecule has 0 aromatic heterocycles. The van der Waals surface area contributed by atoms with E-state index in [9.17, 15) is 0 Å². The lowest BCUT2D eigenvalue weighted by molar-refractivity contribution is 0.268. The molecule has 82 valence electrons. The molecule has 0 bridgehead atoms. The third-order valence-corrected chi connectivity index (χ3v) is 2.43. The minimum atomic E-state index is -0.0647. The molecule has 1 atom stereocenters. The number of hydrogen-bond donors (Lipinski definition) is 1. The first kappa shape index (κ1) is 11.3. The summed E-state index contributed by atoms with van der Waals surface area (Å²) in [7, 11) is 0. The van der Waals surface area contributed by atoms with Crippen molar-refractivity contribution in [3.8, 4) is 0 Å². The normalized spacial score (nSPS) is 25.3. The molecule has 1 heterocycles. The van der Waals surface area contributed by atoms with Crippen LogP contribution in [0.3, 0.4) is 0 Å². The maximum Gasteiger partial charge on any atom is 0.191 e. The minimum Gasteiger partial charge on any atom is -0.370 e. The average Bonchev–Trinajstić information content (AvgIpc) is 2.01. The van der Waals surface area contributed by atoms with E-state index in [1.807, 2.05) is 0 Å². The van der Waals surface area contributed by atoms with Gasteiger partial charge in [-0.1, -0.05) is 6.92 Å². The van der Waals surface area contributed by atoms with E-state index < -0.39 is 0 Å². The van der Waals surface area contributed by atoms with Crippen molar-refractivity contribution in [2.75, 3.05) is 13.1 Å². The summed E-state index contributed by atoms with van der Waals surface area (Å²) in [6.07, 6.45) is 2.56. The van der Waals surface area contributed by atoms with Gasteiger partial charge in [0.2, 0.25) is 0 Å². The quantitative estimate of drug-likeness (QED) is 0.475. The molecule has 3 nitrogen and oxygen atoms in total. The molecule has 1 aliphatic heterocycles. The number of nitrogens with two attached hydrogens (primary N) is 1. The lowest BCUT2D eigenvalue weighted by atomic mass is 10.0. The van der Waals surface area contributed by atoms with Crippen LogP contribution in [0.2, 0.25) is 0 Å². The molecule has 0 radical (unpaired) electrons. The second-order valence-corrected chi connectivity index (χ2v) is 5.33. The van der Waals surface area contributed by atoms with Crippen LogP contribution in [0.4, 0.5) is 0 Å². The van der Waals surface area contributed by atoms with E-state index in [0.29, 0.717) is 5.96 Å². The highest BCUT2D eigenvalue weighted by Crippen LogP contribution is 2.16. The Hall–Kier alpha value is -0.730.